The average molecular weight is 370 g/mol. The number of amides is 1. The lowest BCUT2D eigenvalue weighted by Gasteiger charge is -2.27. The normalized spacial score (nSPS) is 13.3. The van der Waals surface area contributed by atoms with Crippen LogP contribution in [0.15, 0.2) is 48.7 Å². The SMILES string of the molecule is O=C(c1ccc(F)cc1)N1CCn2nc(OCc3ccnc(F)c3)cc2C1. The topological polar surface area (TPSA) is 60.2 Å². The molecular formula is C19H16F2N4O2. The molecule has 27 heavy (non-hydrogen) atoms. The summed E-state index contributed by atoms with van der Waals surface area (Å²) < 4.78 is 33.6. The minimum Gasteiger partial charge on any atom is -0.472 e. The van der Waals surface area contributed by atoms with Gasteiger partial charge < -0.3 is 9.64 Å². The molecule has 3 heterocycles. The molecule has 1 aliphatic heterocycles. The van der Waals surface area contributed by atoms with Gasteiger partial charge in [-0.15, -0.1) is 5.10 Å². The first-order valence-electron chi connectivity index (χ1n) is 8.43. The third kappa shape index (κ3) is 3.79. The molecule has 0 N–H and O–H groups in total. The second-order valence-corrected chi connectivity index (χ2v) is 6.21. The minimum absolute atomic E-state index is 0.155. The molecule has 0 aliphatic carbocycles. The van der Waals surface area contributed by atoms with Gasteiger partial charge in [0.2, 0.25) is 11.8 Å². The largest absolute Gasteiger partial charge is 0.472 e. The Bertz CT molecular complexity index is 972. The van der Waals surface area contributed by atoms with Crippen LogP contribution in [0.25, 0.3) is 0 Å². The van der Waals surface area contributed by atoms with Crippen LogP contribution in [0.5, 0.6) is 5.88 Å². The molecule has 8 heteroatoms. The summed E-state index contributed by atoms with van der Waals surface area (Å²) in [5.41, 5.74) is 1.94. The fraction of sp³-hybridized carbons (Fsp3) is 0.211. The second kappa shape index (κ2) is 7.14. The van der Waals surface area contributed by atoms with E-state index in [-0.39, 0.29) is 18.3 Å². The fourth-order valence-corrected chi connectivity index (χ4v) is 2.95. The standard InChI is InChI=1S/C19H16F2N4O2/c20-15-3-1-14(2-4-15)19(26)24-7-8-25-16(11-24)10-18(23-25)27-12-13-5-6-22-17(21)9-13/h1-6,9-10H,7-8,11-12H2. The summed E-state index contributed by atoms with van der Waals surface area (Å²) in [5.74, 6) is -0.676. The van der Waals surface area contributed by atoms with Crippen LogP contribution in [-0.4, -0.2) is 32.1 Å². The molecule has 1 aliphatic rings. The van der Waals surface area contributed by atoms with Crippen molar-refractivity contribution < 1.29 is 18.3 Å². The molecule has 2 aromatic heterocycles. The average Bonchev–Trinajstić information content (AvgIpc) is 3.08. The maximum absolute atomic E-state index is 13.1. The number of carbonyl (C=O) groups is 1. The molecule has 0 spiro atoms. The third-order valence-electron chi connectivity index (χ3n) is 4.33. The van der Waals surface area contributed by atoms with Crippen molar-refractivity contribution in [1.82, 2.24) is 19.7 Å². The van der Waals surface area contributed by atoms with E-state index in [1.807, 2.05) is 0 Å². The Balaban J connectivity index is 1.42. The Morgan fingerprint density at radius 1 is 1.11 bits per heavy atom. The molecule has 0 radical (unpaired) electrons. The lowest BCUT2D eigenvalue weighted by atomic mass is 10.1. The molecule has 0 saturated heterocycles. The molecular weight excluding hydrogens is 354 g/mol. The minimum atomic E-state index is -0.560. The molecule has 3 aromatic rings. The summed E-state index contributed by atoms with van der Waals surface area (Å²) in [5, 5.41) is 4.36. The Labute approximate surface area is 154 Å². The first kappa shape index (κ1) is 17.1. The van der Waals surface area contributed by atoms with E-state index in [1.54, 1.807) is 21.7 Å². The van der Waals surface area contributed by atoms with Gasteiger partial charge in [-0.3, -0.25) is 9.48 Å². The number of ether oxygens (including phenoxy) is 1. The van der Waals surface area contributed by atoms with E-state index in [2.05, 4.69) is 10.1 Å². The summed E-state index contributed by atoms with van der Waals surface area (Å²) in [6, 6.07) is 10.2. The quantitative estimate of drug-likeness (QED) is 0.663. The summed E-state index contributed by atoms with van der Waals surface area (Å²) in [6.45, 7) is 1.60. The van der Waals surface area contributed by atoms with Gasteiger partial charge in [0, 0.05) is 24.4 Å². The highest BCUT2D eigenvalue weighted by atomic mass is 19.1. The van der Waals surface area contributed by atoms with Crippen LogP contribution in [0.4, 0.5) is 8.78 Å². The first-order valence-corrected chi connectivity index (χ1v) is 8.43. The second-order valence-electron chi connectivity index (χ2n) is 6.21. The zero-order valence-corrected chi connectivity index (χ0v) is 14.3. The van der Waals surface area contributed by atoms with Crippen molar-refractivity contribution in [1.29, 1.82) is 0 Å². The number of carbonyl (C=O) groups excluding carboxylic acids is 1. The van der Waals surface area contributed by atoms with Gasteiger partial charge in [0.15, 0.2) is 0 Å². The van der Waals surface area contributed by atoms with Gasteiger partial charge in [-0.25, -0.2) is 9.37 Å². The van der Waals surface area contributed by atoms with Gasteiger partial charge in [0.1, 0.15) is 12.4 Å². The number of benzene rings is 1. The van der Waals surface area contributed by atoms with Crippen LogP contribution in [0.2, 0.25) is 0 Å². The summed E-state index contributed by atoms with van der Waals surface area (Å²) in [7, 11) is 0. The number of pyridine rings is 1. The highest BCUT2D eigenvalue weighted by Gasteiger charge is 2.23. The number of hydrogen-bond acceptors (Lipinski definition) is 4. The zero-order chi connectivity index (χ0) is 18.8. The van der Waals surface area contributed by atoms with Gasteiger partial charge in [-0.2, -0.15) is 4.39 Å². The van der Waals surface area contributed by atoms with E-state index in [0.717, 1.165) is 5.69 Å². The molecule has 0 unspecified atom stereocenters. The Kier molecular flexibility index (Phi) is 4.53. The zero-order valence-electron chi connectivity index (χ0n) is 14.3. The number of aromatic nitrogens is 3. The van der Waals surface area contributed by atoms with E-state index in [9.17, 15) is 13.6 Å². The molecule has 1 amide bonds. The predicted octanol–water partition coefficient (Wildman–Crippen LogP) is 2.79. The van der Waals surface area contributed by atoms with Crippen LogP contribution in [-0.2, 0) is 19.7 Å². The van der Waals surface area contributed by atoms with Crippen molar-refractivity contribution in [2.24, 2.45) is 0 Å². The lowest BCUT2D eigenvalue weighted by Crippen LogP contribution is -2.38. The molecule has 0 bridgehead atoms. The summed E-state index contributed by atoms with van der Waals surface area (Å²) >= 11 is 0. The van der Waals surface area contributed by atoms with E-state index >= 15 is 0 Å². The number of hydrogen-bond donors (Lipinski definition) is 0. The van der Waals surface area contributed by atoms with Crippen molar-refractivity contribution in [2.45, 2.75) is 19.7 Å². The van der Waals surface area contributed by atoms with Crippen LogP contribution in [0, 0.1) is 11.8 Å². The fourth-order valence-electron chi connectivity index (χ4n) is 2.95. The van der Waals surface area contributed by atoms with E-state index in [4.69, 9.17) is 4.74 Å². The smallest absolute Gasteiger partial charge is 0.254 e. The third-order valence-corrected chi connectivity index (χ3v) is 4.33. The molecule has 0 fully saturated rings. The van der Waals surface area contributed by atoms with Gasteiger partial charge >= 0.3 is 0 Å². The van der Waals surface area contributed by atoms with Crippen molar-refractivity contribution in [3.63, 3.8) is 0 Å². The van der Waals surface area contributed by atoms with E-state index < -0.39 is 5.95 Å². The van der Waals surface area contributed by atoms with Crippen LogP contribution >= 0.6 is 0 Å². The van der Waals surface area contributed by atoms with Crippen molar-refractivity contribution in [2.75, 3.05) is 6.54 Å². The molecule has 0 atom stereocenters. The lowest BCUT2D eigenvalue weighted by molar-refractivity contribution is 0.0706. The monoisotopic (exact) mass is 370 g/mol. The Morgan fingerprint density at radius 2 is 1.93 bits per heavy atom. The Hall–Kier alpha value is -3.29. The van der Waals surface area contributed by atoms with Gasteiger partial charge in [-0.1, -0.05) is 0 Å². The van der Waals surface area contributed by atoms with E-state index in [0.29, 0.717) is 36.6 Å². The maximum atomic E-state index is 13.1. The van der Waals surface area contributed by atoms with Crippen molar-refractivity contribution in [3.05, 3.63) is 77.2 Å². The van der Waals surface area contributed by atoms with Gasteiger partial charge in [-0.05, 0) is 42.0 Å². The molecule has 138 valence electrons. The first-order chi connectivity index (χ1) is 13.1. The van der Waals surface area contributed by atoms with Crippen molar-refractivity contribution >= 4 is 5.91 Å². The highest BCUT2D eigenvalue weighted by molar-refractivity contribution is 5.94. The summed E-state index contributed by atoms with van der Waals surface area (Å²) in [4.78, 5) is 17.8. The molecule has 6 nitrogen and oxygen atoms in total. The van der Waals surface area contributed by atoms with Crippen LogP contribution in [0.3, 0.4) is 0 Å². The number of rotatable bonds is 4. The predicted molar refractivity (Wildman–Crippen MR) is 91.9 cm³/mol. The van der Waals surface area contributed by atoms with E-state index in [1.165, 1.54) is 36.5 Å². The molecule has 4 rings (SSSR count). The van der Waals surface area contributed by atoms with Gasteiger partial charge in [0.25, 0.3) is 5.91 Å². The van der Waals surface area contributed by atoms with Crippen molar-refractivity contribution in [3.8, 4) is 5.88 Å². The molecule has 1 aromatic carbocycles. The van der Waals surface area contributed by atoms with Gasteiger partial charge in [0.05, 0.1) is 18.8 Å². The highest BCUT2D eigenvalue weighted by Crippen LogP contribution is 2.20. The summed E-state index contributed by atoms with van der Waals surface area (Å²) in [6.07, 6.45) is 1.38. The number of nitrogens with zero attached hydrogens (tertiary/aromatic N) is 4. The van der Waals surface area contributed by atoms with Crippen LogP contribution < -0.4 is 4.74 Å². The maximum Gasteiger partial charge on any atom is 0.254 e. The van der Waals surface area contributed by atoms with Crippen LogP contribution in [0.1, 0.15) is 21.6 Å². The number of halogens is 2. The molecule has 0 saturated carbocycles. The Morgan fingerprint density at radius 3 is 2.70 bits per heavy atom. The number of fused-ring (bicyclic) bond motifs is 1.